The lowest BCUT2D eigenvalue weighted by molar-refractivity contribution is 0.0696. The number of nitrogens with zero attached hydrogens (tertiary/aromatic N) is 3. The van der Waals surface area contributed by atoms with Gasteiger partial charge in [0.25, 0.3) is 0 Å². The van der Waals surface area contributed by atoms with Crippen LogP contribution in [0.3, 0.4) is 0 Å². The van der Waals surface area contributed by atoms with Crippen molar-refractivity contribution >= 4 is 34.6 Å². The third-order valence-electron chi connectivity index (χ3n) is 2.47. The van der Waals surface area contributed by atoms with E-state index in [1.54, 1.807) is 16.5 Å². The first-order chi connectivity index (χ1) is 8.66. The van der Waals surface area contributed by atoms with Gasteiger partial charge >= 0.3 is 5.97 Å². The molecule has 3 rings (SSSR count). The molecule has 0 atom stereocenters. The molecule has 0 unspecified atom stereocenters. The lowest BCUT2D eigenvalue weighted by Gasteiger charge is -1.99. The number of hydrogen-bond acceptors (Lipinski definition) is 4. The van der Waals surface area contributed by atoms with Crippen molar-refractivity contribution in [2.24, 2.45) is 0 Å². The van der Waals surface area contributed by atoms with E-state index in [0.717, 1.165) is 4.88 Å². The lowest BCUT2D eigenvalue weighted by atomic mass is 10.3. The highest BCUT2D eigenvalue weighted by Crippen LogP contribution is 2.32. The van der Waals surface area contributed by atoms with Crippen LogP contribution in [0, 0.1) is 0 Å². The van der Waals surface area contributed by atoms with Crippen molar-refractivity contribution < 1.29 is 9.90 Å². The predicted molar refractivity (Wildman–Crippen MR) is 68.3 cm³/mol. The fraction of sp³-hybridized carbons (Fsp3) is 0. The summed E-state index contributed by atoms with van der Waals surface area (Å²) in [5.41, 5.74) is 0.760. The number of carboxylic acids is 1. The van der Waals surface area contributed by atoms with Crippen LogP contribution >= 0.6 is 22.9 Å². The van der Waals surface area contributed by atoms with Gasteiger partial charge in [0.2, 0.25) is 0 Å². The number of fused-ring (bicyclic) bond motifs is 1. The van der Waals surface area contributed by atoms with Crippen LogP contribution in [0.5, 0.6) is 0 Å². The Morgan fingerprint density at radius 1 is 1.33 bits per heavy atom. The molecule has 0 aromatic carbocycles. The average Bonchev–Trinajstić information content (AvgIpc) is 2.93. The van der Waals surface area contributed by atoms with Gasteiger partial charge in [-0.05, 0) is 23.6 Å². The Hall–Kier alpha value is -1.92. The van der Waals surface area contributed by atoms with Crippen molar-refractivity contribution in [3.05, 3.63) is 40.4 Å². The van der Waals surface area contributed by atoms with Gasteiger partial charge in [0.15, 0.2) is 11.5 Å². The van der Waals surface area contributed by atoms with E-state index in [0.29, 0.717) is 16.5 Å². The molecule has 18 heavy (non-hydrogen) atoms. The molecule has 90 valence electrons. The minimum Gasteiger partial charge on any atom is -0.478 e. The molecule has 0 fully saturated rings. The van der Waals surface area contributed by atoms with Gasteiger partial charge in [0.05, 0.1) is 15.5 Å². The number of pyridine rings is 1. The van der Waals surface area contributed by atoms with Crippen molar-refractivity contribution in [2.75, 3.05) is 0 Å². The van der Waals surface area contributed by atoms with E-state index in [1.807, 2.05) is 5.38 Å². The summed E-state index contributed by atoms with van der Waals surface area (Å²) < 4.78 is 1.63. The Labute approximate surface area is 110 Å². The molecule has 0 bridgehead atoms. The van der Waals surface area contributed by atoms with Crippen LogP contribution in [0.15, 0.2) is 29.8 Å². The summed E-state index contributed by atoms with van der Waals surface area (Å²) in [5.74, 6) is -0.443. The zero-order chi connectivity index (χ0) is 12.7. The summed E-state index contributed by atoms with van der Waals surface area (Å²) >= 11 is 7.48. The van der Waals surface area contributed by atoms with Crippen molar-refractivity contribution in [3.63, 3.8) is 0 Å². The van der Waals surface area contributed by atoms with Crippen molar-refractivity contribution in [1.82, 2.24) is 14.6 Å². The van der Waals surface area contributed by atoms with Gasteiger partial charge < -0.3 is 5.11 Å². The Kier molecular flexibility index (Phi) is 2.53. The number of carbonyl (C=O) groups is 1. The first-order valence-corrected chi connectivity index (χ1v) is 6.24. The van der Waals surface area contributed by atoms with E-state index in [9.17, 15) is 4.79 Å². The quantitative estimate of drug-likeness (QED) is 0.783. The van der Waals surface area contributed by atoms with Crippen LogP contribution in [0.25, 0.3) is 16.3 Å². The lowest BCUT2D eigenvalue weighted by Crippen LogP contribution is -1.99. The van der Waals surface area contributed by atoms with Gasteiger partial charge in [-0.3, -0.25) is 4.40 Å². The fourth-order valence-corrected chi connectivity index (χ4v) is 2.75. The van der Waals surface area contributed by atoms with Crippen LogP contribution in [0.4, 0.5) is 0 Å². The van der Waals surface area contributed by atoms with Gasteiger partial charge in [-0.25, -0.2) is 4.79 Å². The van der Waals surface area contributed by atoms with Crippen molar-refractivity contribution in [2.45, 2.75) is 0 Å². The Balaban J connectivity index is 2.27. The van der Waals surface area contributed by atoms with E-state index >= 15 is 0 Å². The molecule has 0 aliphatic heterocycles. The third kappa shape index (κ3) is 1.66. The molecule has 7 heteroatoms. The van der Waals surface area contributed by atoms with Gasteiger partial charge in [0, 0.05) is 6.20 Å². The molecule has 3 aromatic rings. The number of aromatic carboxylic acids is 1. The standard InChI is InChI=1S/C11H6ClN3O2S/c12-7-3-4-18-9(7)10-14-13-8-2-1-6(11(16)17)5-15(8)10/h1-5H,(H,16,17). The molecular formula is C11H6ClN3O2S. The molecule has 0 saturated heterocycles. The topological polar surface area (TPSA) is 67.5 Å². The molecular weight excluding hydrogens is 274 g/mol. The second kappa shape index (κ2) is 4.08. The molecule has 0 aliphatic carbocycles. The summed E-state index contributed by atoms with van der Waals surface area (Å²) in [6, 6.07) is 4.87. The molecule has 0 radical (unpaired) electrons. The Morgan fingerprint density at radius 2 is 2.17 bits per heavy atom. The summed E-state index contributed by atoms with van der Waals surface area (Å²) in [6.45, 7) is 0. The number of aromatic nitrogens is 3. The second-order valence-corrected chi connectivity index (χ2v) is 4.90. The van der Waals surface area contributed by atoms with Crippen LogP contribution in [-0.4, -0.2) is 25.7 Å². The van der Waals surface area contributed by atoms with Crippen LogP contribution in [-0.2, 0) is 0 Å². The minimum atomic E-state index is -0.992. The zero-order valence-corrected chi connectivity index (χ0v) is 10.4. The van der Waals surface area contributed by atoms with E-state index in [4.69, 9.17) is 16.7 Å². The van der Waals surface area contributed by atoms with E-state index in [1.165, 1.54) is 23.6 Å². The summed E-state index contributed by atoms with van der Waals surface area (Å²) in [5, 5.41) is 19.4. The number of rotatable bonds is 2. The molecule has 0 aliphatic rings. The highest BCUT2D eigenvalue weighted by atomic mass is 35.5. The SMILES string of the molecule is O=C(O)c1ccc2nnc(-c3sccc3Cl)n2c1. The molecule has 0 spiro atoms. The first-order valence-electron chi connectivity index (χ1n) is 4.98. The van der Waals surface area contributed by atoms with Gasteiger partial charge in [0.1, 0.15) is 0 Å². The van der Waals surface area contributed by atoms with Crippen LogP contribution in [0.1, 0.15) is 10.4 Å². The van der Waals surface area contributed by atoms with E-state index in [2.05, 4.69) is 10.2 Å². The smallest absolute Gasteiger partial charge is 0.337 e. The highest BCUT2D eigenvalue weighted by Gasteiger charge is 2.14. The number of hydrogen-bond donors (Lipinski definition) is 1. The second-order valence-electron chi connectivity index (χ2n) is 3.57. The molecule has 3 aromatic heterocycles. The number of halogens is 1. The normalized spacial score (nSPS) is 10.9. The van der Waals surface area contributed by atoms with Crippen molar-refractivity contribution in [3.8, 4) is 10.7 Å². The Morgan fingerprint density at radius 3 is 2.83 bits per heavy atom. The summed E-state index contributed by atoms with van der Waals surface area (Å²) in [4.78, 5) is 11.7. The maximum absolute atomic E-state index is 11.0. The van der Waals surface area contributed by atoms with E-state index < -0.39 is 5.97 Å². The molecule has 1 N–H and O–H groups in total. The Bertz CT molecular complexity index is 750. The first kappa shape index (κ1) is 11.2. The van der Waals surface area contributed by atoms with Gasteiger partial charge in [-0.1, -0.05) is 11.6 Å². The van der Waals surface area contributed by atoms with Crippen molar-refractivity contribution in [1.29, 1.82) is 0 Å². The third-order valence-corrected chi connectivity index (χ3v) is 3.81. The maximum atomic E-state index is 11.0. The number of carboxylic acid groups (broad SMARTS) is 1. The van der Waals surface area contributed by atoms with Gasteiger partial charge in [-0.15, -0.1) is 21.5 Å². The predicted octanol–water partition coefficient (Wildman–Crippen LogP) is 2.81. The molecule has 5 nitrogen and oxygen atoms in total. The summed E-state index contributed by atoms with van der Waals surface area (Å²) in [7, 11) is 0. The van der Waals surface area contributed by atoms with E-state index in [-0.39, 0.29) is 5.56 Å². The number of thiophene rings is 1. The van der Waals surface area contributed by atoms with Crippen LogP contribution in [0.2, 0.25) is 5.02 Å². The fourth-order valence-electron chi connectivity index (χ4n) is 1.63. The zero-order valence-electron chi connectivity index (χ0n) is 8.87. The summed E-state index contributed by atoms with van der Waals surface area (Å²) in [6.07, 6.45) is 1.49. The average molecular weight is 280 g/mol. The molecule has 3 heterocycles. The molecule has 0 saturated carbocycles. The highest BCUT2D eigenvalue weighted by molar-refractivity contribution is 7.14. The molecule has 0 amide bonds. The maximum Gasteiger partial charge on any atom is 0.337 e. The largest absolute Gasteiger partial charge is 0.478 e. The van der Waals surface area contributed by atoms with Gasteiger partial charge in [-0.2, -0.15) is 0 Å². The van der Waals surface area contributed by atoms with Crippen LogP contribution < -0.4 is 0 Å². The minimum absolute atomic E-state index is 0.177. The monoisotopic (exact) mass is 279 g/mol.